The van der Waals surface area contributed by atoms with Crippen molar-refractivity contribution in [3.8, 4) is 5.75 Å². The minimum Gasteiger partial charge on any atom is -0.495 e. The van der Waals surface area contributed by atoms with Crippen molar-refractivity contribution in [3.63, 3.8) is 0 Å². The average Bonchev–Trinajstić information content (AvgIpc) is 2.67. The van der Waals surface area contributed by atoms with Crippen LogP contribution in [0.4, 0.5) is 5.69 Å². The number of anilines is 1. The van der Waals surface area contributed by atoms with Crippen molar-refractivity contribution < 1.29 is 19.1 Å². The first-order valence-corrected chi connectivity index (χ1v) is 8.70. The van der Waals surface area contributed by atoms with E-state index in [4.69, 9.17) is 21.1 Å². The van der Waals surface area contributed by atoms with Gasteiger partial charge in [-0.25, -0.2) is 4.79 Å². The molecule has 3 rings (SSSR count). The van der Waals surface area contributed by atoms with Crippen molar-refractivity contribution in [2.75, 3.05) is 12.4 Å². The molecule has 0 saturated heterocycles. The Morgan fingerprint density at radius 1 is 1.04 bits per heavy atom. The van der Waals surface area contributed by atoms with E-state index >= 15 is 0 Å². The zero-order valence-electron chi connectivity index (χ0n) is 14.9. The Labute approximate surface area is 161 Å². The minimum atomic E-state index is -0.975. The molecule has 1 atom stereocenters. The Morgan fingerprint density at radius 2 is 1.78 bits per heavy atom. The number of carbonyl (C=O) groups excluding carboxylic acids is 2. The third kappa shape index (κ3) is 4.20. The number of carbonyl (C=O) groups is 2. The number of fused-ring (bicyclic) bond motifs is 1. The molecule has 0 aromatic heterocycles. The predicted octanol–water partition coefficient (Wildman–Crippen LogP) is 4.69. The van der Waals surface area contributed by atoms with Crippen molar-refractivity contribution >= 4 is 39.9 Å². The summed E-state index contributed by atoms with van der Waals surface area (Å²) in [4.78, 5) is 24.9. The normalized spacial score (nSPS) is 11.7. The van der Waals surface area contributed by atoms with E-state index in [1.165, 1.54) is 14.0 Å². The van der Waals surface area contributed by atoms with Gasteiger partial charge in [-0.05, 0) is 42.0 Å². The molecule has 3 aromatic rings. The average molecular weight is 384 g/mol. The van der Waals surface area contributed by atoms with E-state index in [2.05, 4.69) is 5.32 Å². The van der Waals surface area contributed by atoms with Crippen molar-refractivity contribution in [1.82, 2.24) is 0 Å². The zero-order valence-corrected chi connectivity index (χ0v) is 15.6. The number of benzene rings is 3. The maximum atomic E-state index is 12.5. The maximum Gasteiger partial charge on any atom is 0.339 e. The highest BCUT2D eigenvalue weighted by Crippen LogP contribution is 2.27. The summed E-state index contributed by atoms with van der Waals surface area (Å²) in [6.07, 6.45) is -0.975. The number of methoxy groups -OCH3 is 1. The van der Waals surface area contributed by atoms with E-state index in [1.54, 1.807) is 30.3 Å². The van der Waals surface area contributed by atoms with Gasteiger partial charge in [-0.3, -0.25) is 4.79 Å². The van der Waals surface area contributed by atoms with Gasteiger partial charge in [0.15, 0.2) is 6.10 Å². The second-order valence-corrected chi connectivity index (χ2v) is 6.32. The summed E-state index contributed by atoms with van der Waals surface area (Å²) in [5.74, 6) is -0.503. The Kier molecular flexibility index (Phi) is 5.62. The molecule has 0 heterocycles. The predicted molar refractivity (Wildman–Crippen MR) is 105 cm³/mol. The quantitative estimate of drug-likeness (QED) is 0.649. The van der Waals surface area contributed by atoms with Crippen LogP contribution in [0.5, 0.6) is 5.75 Å². The van der Waals surface area contributed by atoms with Crippen LogP contribution in [0.1, 0.15) is 17.3 Å². The summed E-state index contributed by atoms with van der Waals surface area (Å²) in [5.41, 5.74) is 0.902. The molecule has 0 fully saturated rings. The van der Waals surface area contributed by atoms with Gasteiger partial charge in [-0.2, -0.15) is 0 Å². The van der Waals surface area contributed by atoms with Crippen LogP contribution >= 0.6 is 11.6 Å². The Bertz CT molecular complexity index is 997. The topological polar surface area (TPSA) is 64.6 Å². The molecule has 1 amide bonds. The molecule has 5 nitrogen and oxygen atoms in total. The van der Waals surface area contributed by atoms with Gasteiger partial charge < -0.3 is 14.8 Å². The highest BCUT2D eigenvalue weighted by atomic mass is 35.5. The first-order valence-electron chi connectivity index (χ1n) is 8.32. The summed E-state index contributed by atoms with van der Waals surface area (Å²) >= 11 is 6.05. The smallest absolute Gasteiger partial charge is 0.339 e. The molecule has 0 aliphatic carbocycles. The molecule has 0 unspecified atom stereocenters. The van der Waals surface area contributed by atoms with Gasteiger partial charge in [-0.1, -0.05) is 48.0 Å². The van der Waals surface area contributed by atoms with Crippen LogP contribution in [-0.2, 0) is 9.53 Å². The fourth-order valence-electron chi connectivity index (χ4n) is 2.67. The molecule has 27 heavy (non-hydrogen) atoms. The van der Waals surface area contributed by atoms with Crippen LogP contribution in [0.2, 0.25) is 5.02 Å². The third-order valence-corrected chi connectivity index (χ3v) is 4.38. The van der Waals surface area contributed by atoms with Crippen molar-refractivity contribution in [2.24, 2.45) is 0 Å². The zero-order chi connectivity index (χ0) is 19.4. The number of ether oxygens (including phenoxy) is 2. The second-order valence-electron chi connectivity index (χ2n) is 5.91. The van der Waals surface area contributed by atoms with Gasteiger partial charge in [-0.15, -0.1) is 0 Å². The van der Waals surface area contributed by atoms with Crippen molar-refractivity contribution in [2.45, 2.75) is 13.0 Å². The Balaban J connectivity index is 1.70. The number of amides is 1. The first kappa shape index (κ1) is 18.7. The molecule has 0 spiro atoms. The summed E-state index contributed by atoms with van der Waals surface area (Å²) in [6, 6.07) is 17.7. The van der Waals surface area contributed by atoms with E-state index in [0.29, 0.717) is 22.0 Å². The van der Waals surface area contributed by atoms with Crippen LogP contribution in [0.15, 0.2) is 60.7 Å². The van der Waals surface area contributed by atoms with E-state index < -0.39 is 18.0 Å². The third-order valence-electron chi connectivity index (χ3n) is 4.08. The van der Waals surface area contributed by atoms with Gasteiger partial charge in [0.25, 0.3) is 5.91 Å². The SMILES string of the molecule is COc1ccc(NC(=O)[C@@H](C)OC(=O)c2cccc3ccccc23)cc1Cl. The summed E-state index contributed by atoms with van der Waals surface area (Å²) < 4.78 is 10.4. The second kappa shape index (κ2) is 8.10. The molecule has 6 heteroatoms. The molecule has 0 saturated carbocycles. The molecule has 0 radical (unpaired) electrons. The number of esters is 1. The lowest BCUT2D eigenvalue weighted by molar-refractivity contribution is -0.123. The monoisotopic (exact) mass is 383 g/mol. The van der Waals surface area contributed by atoms with Crippen LogP contribution < -0.4 is 10.1 Å². The van der Waals surface area contributed by atoms with Crippen LogP contribution in [-0.4, -0.2) is 25.1 Å². The molecule has 0 aliphatic heterocycles. The number of hydrogen-bond donors (Lipinski definition) is 1. The fourth-order valence-corrected chi connectivity index (χ4v) is 2.93. The minimum absolute atomic E-state index is 0.371. The lowest BCUT2D eigenvalue weighted by atomic mass is 10.0. The van der Waals surface area contributed by atoms with Gasteiger partial charge in [0.1, 0.15) is 5.75 Å². The van der Waals surface area contributed by atoms with Crippen LogP contribution in [0.3, 0.4) is 0 Å². The highest BCUT2D eigenvalue weighted by molar-refractivity contribution is 6.32. The van der Waals surface area contributed by atoms with E-state index in [9.17, 15) is 9.59 Å². The highest BCUT2D eigenvalue weighted by Gasteiger charge is 2.20. The maximum absolute atomic E-state index is 12.5. The number of halogens is 1. The fraction of sp³-hybridized carbons (Fsp3) is 0.143. The van der Waals surface area contributed by atoms with Gasteiger partial charge in [0, 0.05) is 5.69 Å². The largest absolute Gasteiger partial charge is 0.495 e. The molecule has 3 aromatic carbocycles. The van der Waals surface area contributed by atoms with Gasteiger partial charge in [0.05, 0.1) is 17.7 Å². The van der Waals surface area contributed by atoms with Gasteiger partial charge in [0.2, 0.25) is 0 Å². The van der Waals surface area contributed by atoms with E-state index in [-0.39, 0.29) is 0 Å². The standard InChI is InChI=1S/C21H18ClNO4/c1-13(20(24)23-15-10-11-19(26-2)18(22)12-15)27-21(25)17-9-5-7-14-6-3-4-8-16(14)17/h3-13H,1-2H3,(H,23,24)/t13-/m1/s1. The summed E-state index contributed by atoms with van der Waals surface area (Å²) in [7, 11) is 1.51. The lowest BCUT2D eigenvalue weighted by Gasteiger charge is -2.15. The summed E-state index contributed by atoms with van der Waals surface area (Å²) in [6.45, 7) is 1.52. The van der Waals surface area contributed by atoms with Crippen LogP contribution in [0, 0.1) is 0 Å². The Morgan fingerprint density at radius 3 is 2.52 bits per heavy atom. The number of rotatable bonds is 5. The number of hydrogen-bond acceptors (Lipinski definition) is 4. The van der Waals surface area contributed by atoms with Crippen molar-refractivity contribution in [3.05, 3.63) is 71.2 Å². The number of nitrogens with one attached hydrogen (secondary N) is 1. The molecule has 1 N–H and O–H groups in total. The van der Waals surface area contributed by atoms with Gasteiger partial charge >= 0.3 is 5.97 Å². The first-order chi connectivity index (χ1) is 13.0. The molecule has 138 valence electrons. The molecule has 0 aliphatic rings. The summed E-state index contributed by atoms with van der Waals surface area (Å²) in [5, 5.41) is 4.75. The Hall–Kier alpha value is -3.05. The van der Waals surface area contributed by atoms with E-state index in [0.717, 1.165) is 10.8 Å². The van der Waals surface area contributed by atoms with Crippen molar-refractivity contribution in [1.29, 1.82) is 0 Å². The molecular formula is C21H18ClNO4. The molecular weight excluding hydrogens is 366 g/mol. The molecule has 0 bridgehead atoms. The lowest BCUT2D eigenvalue weighted by Crippen LogP contribution is -2.30. The van der Waals surface area contributed by atoms with Crippen LogP contribution in [0.25, 0.3) is 10.8 Å². The van der Waals surface area contributed by atoms with E-state index in [1.807, 2.05) is 30.3 Å².